The number of hydrogen-bond acceptors (Lipinski definition) is 7. The number of carboxylic acids is 2. The summed E-state index contributed by atoms with van der Waals surface area (Å²) in [5.74, 6) is -6.90. The highest BCUT2D eigenvalue weighted by atomic mass is 16.4. The summed E-state index contributed by atoms with van der Waals surface area (Å²) < 4.78 is 0. The highest BCUT2D eigenvalue weighted by Crippen LogP contribution is 2.16. The molecule has 1 heterocycles. The molecule has 0 bridgehead atoms. The number of ketones is 1. The van der Waals surface area contributed by atoms with Crippen LogP contribution in [0, 0.1) is 11.8 Å². The number of guanidine groups is 1. The summed E-state index contributed by atoms with van der Waals surface area (Å²) in [6.45, 7) is 2.72. The Morgan fingerprint density at radius 2 is 1.79 bits per heavy atom. The molecule has 1 aliphatic rings. The summed E-state index contributed by atoms with van der Waals surface area (Å²) in [6.07, 6.45) is -0.677. The van der Waals surface area contributed by atoms with Gasteiger partial charge in [-0.05, 0) is 18.8 Å². The summed E-state index contributed by atoms with van der Waals surface area (Å²) in [7, 11) is 0. The van der Waals surface area contributed by atoms with Crippen LogP contribution in [0.15, 0.2) is 4.99 Å². The number of carbonyl (C=O) groups excluding carboxylic acids is 4. The summed E-state index contributed by atoms with van der Waals surface area (Å²) >= 11 is 0. The fraction of sp³-hybridized carbons (Fsp3) is 0.632. The minimum absolute atomic E-state index is 0.105. The second kappa shape index (κ2) is 12.4. The predicted molar refractivity (Wildman–Crippen MR) is 114 cm³/mol. The molecule has 0 aromatic heterocycles. The minimum atomic E-state index is -1.37. The maximum absolute atomic E-state index is 12.5. The van der Waals surface area contributed by atoms with Crippen molar-refractivity contribution in [3.8, 4) is 0 Å². The van der Waals surface area contributed by atoms with Crippen molar-refractivity contribution >= 4 is 41.5 Å². The Morgan fingerprint density at radius 3 is 2.30 bits per heavy atom. The largest absolute Gasteiger partial charge is 0.481 e. The average Bonchev–Trinajstić information content (AvgIpc) is 2.95. The molecule has 0 radical (unpaired) electrons. The Kier molecular flexibility index (Phi) is 10.2. The Hall–Kier alpha value is -3.71. The van der Waals surface area contributed by atoms with Gasteiger partial charge >= 0.3 is 18.0 Å². The van der Waals surface area contributed by atoms with E-state index in [1.165, 1.54) is 0 Å². The zero-order valence-electron chi connectivity index (χ0n) is 18.4. The van der Waals surface area contributed by atoms with E-state index in [0.717, 1.165) is 0 Å². The van der Waals surface area contributed by atoms with Gasteiger partial charge in [0.15, 0.2) is 11.7 Å². The number of imide groups is 1. The molecule has 0 saturated carbocycles. The van der Waals surface area contributed by atoms with Crippen molar-refractivity contribution in [2.45, 2.75) is 51.6 Å². The molecule has 14 heteroatoms. The molecule has 14 nitrogen and oxygen atoms in total. The molecule has 8 N–H and O–H groups in total. The van der Waals surface area contributed by atoms with E-state index in [1.807, 2.05) is 0 Å². The standard InChI is InChI=1S/C19H30N6O8/c1-9(2)14(17(31)32)24-15(29)10(7-13(27)28)6-11(26)8-25-16(30)12(23-19(25)33)4-3-5-22-18(20)21/h9-10,12,14H,3-8H2,1-2H3,(H,23,33)(H,24,29)(H,27,28)(H,31,32)(H4,20,21,22)/t10-,12-,14-/m0/s1. The van der Waals surface area contributed by atoms with Crippen LogP contribution in [0.4, 0.5) is 4.79 Å². The zero-order chi connectivity index (χ0) is 25.3. The fourth-order valence-electron chi connectivity index (χ4n) is 3.19. The van der Waals surface area contributed by atoms with E-state index < -0.39 is 78.9 Å². The minimum Gasteiger partial charge on any atom is -0.481 e. The quantitative estimate of drug-likeness (QED) is 0.0723. The van der Waals surface area contributed by atoms with E-state index in [-0.39, 0.29) is 18.9 Å². The van der Waals surface area contributed by atoms with Gasteiger partial charge in [-0.3, -0.25) is 29.1 Å². The molecule has 3 atom stereocenters. The van der Waals surface area contributed by atoms with Crippen molar-refractivity contribution in [1.82, 2.24) is 15.5 Å². The normalized spacial score (nSPS) is 17.3. The Labute approximate surface area is 189 Å². The van der Waals surface area contributed by atoms with Gasteiger partial charge in [0, 0.05) is 13.0 Å². The number of carbonyl (C=O) groups is 6. The van der Waals surface area contributed by atoms with E-state index in [0.29, 0.717) is 11.3 Å². The third kappa shape index (κ3) is 8.74. The zero-order valence-corrected chi connectivity index (χ0v) is 18.4. The van der Waals surface area contributed by atoms with Crippen LogP contribution in [0.1, 0.15) is 39.5 Å². The molecule has 0 spiro atoms. The van der Waals surface area contributed by atoms with E-state index >= 15 is 0 Å². The number of nitrogens with two attached hydrogens (primary N) is 2. The fourth-order valence-corrected chi connectivity index (χ4v) is 3.19. The number of hydrogen-bond donors (Lipinski definition) is 6. The van der Waals surface area contributed by atoms with Gasteiger partial charge in [-0.1, -0.05) is 13.8 Å². The summed E-state index contributed by atoms with van der Waals surface area (Å²) in [6, 6.07) is -2.92. The molecule has 0 aliphatic carbocycles. The lowest BCUT2D eigenvalue weighted by molar-refractivity contribution is -0.145. The topological polar surface area (TPSA) is 235 Å². The number of rotatable bonds is 14. The van der Waals surface area contributed by atoms with E-state index in [9.17, 15) is 33.9 Å². The third-order valence-electron chi connectivity index (χ3n) is 4.88. The van der Waals surface area contributed by atoms with E-state index in [1.54, 1.807) is 13.8 Å². The number of Topliss-reactive ketones (excluding diaryl/α,β-unsaturated/α-hetero) is 1. The SMILES string of the molecule is CC(C)[C@H](NC(=O)[C@H](CC(=O)O)CC(=O)CN1C(=O)N[C@@H](CCCN=C(N)N)C1=O)C(=O)O. The number of aliphatic imine (C=N–C) groups is 1. The van der Waals surface area contributed by atoms with Crippen molar-refractivity contribution < 1.29 is 39.0 Å². The van der Waals surface area contributed by atoms with Gasteiger partial charge in [-0.25, -0.2) is 9.59 Å². The van der Waals surface area contributed by atoms with Crippen LogP contribution < -0.4 is 22.1 Å². The third-order valence-corrected chi connectivity index (χ3v) is 4.88. The second-order valence-electron chi connectivity index (χ2n) is 7.98. The van der Waals surface area contributed by atoms with Crippen molar-refractivity contribution in [2.75, 3.05) is 13.1 Å². The van der Waals surface area contributed by atoms with Gasteiger partial charge < -0.3 is 32.3 Å². The lowest BCUT2D eigenvalue weighted by Gasteiger charge is -2.22. The number of amides is 4. The monoisotopic (exact) mass is 470 g/mol. The van der Waals surface area contributed by atoms with Crippen molar-refractivity contribution in [3.05, 3.63) is 0 Å². The molecule has 4 amide bonds. The van der Waals surface area contributed by atoms with Crippen LogP contribution in [0.3, 0.4) is 0 Å². The first-order chi connectivity index (χ1) is 15.3. The van der Waals surface area contributed by atoms with Crippen molar-refractivity contribution in [1.29, 1.82) is 0 Å². The predicted octanol–water partition coefficient (Wildman–Crippen LogP) is -1.76. The molecule has 1 saturated heterocycles. The molecule has 33 heavy (non-hydrogen) atoms. The van der Waals surface area contributed by atoms with Crippen LogP contribution in [0.2, 0.25) is 0 Å². The van der Waals surface area contributed by atoms with Crippen molar-refractivity contribution in [2.24, 2.45) is 28.3 Å². The number of carboxylic acid groups (broad SMARTS) is 2. The Morgan fingerprint density at radius 1 is 1.15 bits per heavy atom. The van der Waals surface area contributed by atoms with Gasteiger partial charge in [-0.15, -0.1) is 0 Å². The van der Waals surface area contributed by atoms with Crippen LogP contribution in [-0.4, -0.2) is 81.8 Å². The molecular weight excluding hydrogens is 440 g/mol. The number of nitrogens with zero attached hydrogens (tertiary/aromatic N) is 2. The first-order valence-electron chi connectivity index (χ1n) is 10.3. The number of urea groups is 1. The van der Waals surface area contributed by atoms with Crippen LogP contribution in [0.25, 0.3) is 0 Å². The molecule has 0 unspecified atom stereocenters. The van der Waals surface area contributed by atoms with Gasteiger partial charge in [-0.2, -0.15) is 0 Å². The lowest BCUT2D eigenvalue weighted by Crippen LogP contribution is -2.47. The highest BCUT2D eigenvalue weighted by molar-refractivity contribution is 6.07. The van der Waals surface area contributed by atoms with Crippen LogP contribution in [0.5, 0.6) is 0 Å². The maximum atomic E-state index is 12.5. The van der Waals surface area contributed by atoms with E-state index in [2.05, 4.69) is 15.6 Å². The average molecular weight is 470 g/mol. The molecule has 1 fully saturated rings. The van der Waals surface area contributed by atoms with Gasteiger partial charge in [0.1, 0.15) is 12.1 Å². The van der Waals surface area contributed by atoms with Crippen LogP contribution in [-0.2, 0) is 24.0 Å². The van der Waals surface area contributed by atoms with Gasteiger partial charge in [0.25, 0.3) is 5.91 Å². The smallest absolute Gasteiger partial charge is 0.326 e. The molecule has 0 aromatic rings. The lowest BCUT2D eigenvalue weighted by atomic mass is 9.95. The Balaban J connectivity index is 2.76. The summed E-state index contributed by atoms with van der Waals surface area (Å²) in [5.41, 5.74) is 10.4. The molecule has 0 aromatic carbocycles. The molecular formula is C19H30N6O8. The first-order valence-corrected chi connectivity index (χ1v) is 10.3. The first kappa shape index (κ1) is 27.3. The summed E-state index contributed by atoms with van der Waals surface area (Å²) in [4.78, 5) is 76.4. The van der Waals surface area contributed by atoms with Crippen LogP contribution >= 0.6 is 0 Å². The van der Waals surface area contributed by atoms with Gasteiger partial charge in [0.2, 0.25) is 5.91 Å². The highest BCUT2D eigenvalue weighted by Gasteiger charge is 2.39. The molecule has 184 valence electrons. The van der Waals surface area contributed by atoms with Crippen molar-refractivity contribution in [3.63, 3.8) is 0 Å². The molecule has 1 rings (SSSR count). The second-order valence-corrected chi connectivity index (χ2v) is 7.98. The number of aliphatic carboxylic acids is 2. The maximum Gasteiger partial charge on any atom is 0.326 e. The van der Waals surface area contributed by atoms with Gasteiger partial charge in [0.05, 0.1) is 18.9 Å². The Bertz CT molecular complexity index is 823. The summed E-state index contributed by atoms with van der Waals surface area (Å²) in [5, 5.41) is 23.0. The molecule has 1 aliphatic heterocycles. The number of nitrogens with one attached hydrogen (secondary N) is 2. The van der Waals surface area contributed by atoms with E-state index in [4.69, 9.17) is 16.6 Å².